The zero-order chi connectivity index (χ0) is 12.0. The number of aromatic nitrogens is 3. The number of aliphatic hydroxyl groups excluding tert-OH is 1. The zero-order valence-corrected chi connectivity index (χ0v) is 9.63. The number of hydrogen-bond acceptors (Lipinski definition) is 4. The number of carbonyl (C=O) groups excluding carboxylic acids is 1. The summed E-state index contributed by atoms with van der Waals surface area (Å²) in [4.78, 5) is 11.6. The molecule has 0 saturated heterocycles. The number of nitrogens with one attached hydrogen (secondary N) is 1. The van der Waals surface area contributed by atoms with Crippen LogP contribution >= 0.6 is 0 Å². The van der Waals surface area contributed by atoms with Crippen molar-refractivity contribution in [1.29, 1.82) is 0 Å². The largest absolute Gasteiger partial charge is 0.396 e. The van der Waals surface area contributed by atoms with Crippen LogP contribution < -0.4 is 5.32 Å². The summed E-state index contributed by atoms with van der Waals surface area (Å²) in [5.41, 5.74) is 0. The van der Waals surface area contributed by atoms with Gasteiger partial charge >= 0.3 is 0 Å². The van der Waals surface area contributed by atoms with Crippen molar-refractivity contribution >= 4 is 5.91 Å². The van der Waals surface area contributed by atoms with Gasteiger partial charge in [-0.2, -0.15) is 0 Å². The molecule has 1 aromatic rings. The molecule has 0 aliphatic heterocycles. The third-order valence-corrected chi connectivity index (χ3v) is 2.37. The molecule has 1 atom stereocenters. The van der Waals surface area contributed by atoms with Crippen LogP contribution in [0.4, 0.5) is 0 Å². The van der Waals surface area contributed by atoms with Crippen molar-refractivity contribution in [3.05, 3.63) is 12.4 Å². The Kier molecular flexibility index (Phi) is 4.91. The van der Waals surface area contributed by atoms with E-state index in [2.05, 4.69) is 15.6 Å². The maximum atomic E-state index is 11.6. The highest BCUT2D eigenvalue weighted by Crippen LogP contribution is 2.05. The number of nitrogens with zero attached hydrogens (tertiary/aromatic N) is 3. The summed E-state index contributed by atoms with van der Waals surface area (Å²) in [7, 11) is 0. The van der Waals surface area contributed by atoms with Crippen molar-refractivity contribution in [1.82, 2.24) is 20.3 Å². The smallest absolute Gasteiger partial charge is 0.242 e. The van der Waals surface area contributed by atoms with E-state index in [0.29, 0.717) is 12.3 Å². The van der Waals surface area contributed by atoms with Gasteiger partial charge in [0.15, 0.2) is 0 Å². The second-order valence-electron chi connectivity index (χ2n) is 4.03. The van der Waals surface area contributed by atoms with E-state index in [1.165, 1.54) is 10.9 Å². The minimum Gasteiger partial charge on any atom is -0.396 e. The van der Waals surface area contributed by atoms with Crippen molar-refractivity contribution in [3.63, 3.8) is 0 Å². The van der Waals surface area contributed by atoms with Gasteiger partial charge in [0, 0.05) is 18.8 Å². The van der Waals surface area contributed by atoms with Crippen molar-refractivity contribution in [2.24, 2.45) is 5.92 Å². The van der Waals surface area contributed by atoms with Gasteiger partial charge in [-0.15, -0.1) is 5.10 Å². The van der Waals surface area contributed by atoms with E-state index in [-0.39, 0.29) is 25.1 Å². The normalized spacial score (nSPS) is 12.8. The number of hydrogen-bond donors (Lipinski definition) is 2. The van der Waals surface area contributed by atoms with Crippen LogP contribution in [0.25, 0.3) is 0 Å². The fraction of sp³-hybridized carbons (Fsp3) is 0.700. The summed E-state index contributed by atoms with van der Waals surface area (Å²) < 4.78 is 1.46. The van der Waals surface area contributed by atoms with Gasteiger partial charge in [-0.3, -0.25) is 4.79 Å². The molecule has 1 amide bonds. The van der Waals surface area contributed by atoms with E-state index >= 15 is 0 Å². The van der Waals surface area contributed by atoms with Gasteiger partial charge in [0.1, 0.15) is 6.54 Å². The zero-order valence-electron chi connectivity index (χ0n) is 9.63. The highest BCUT2D eigenvalue weighted by molar-refractivity contribution is 5.75. The van der Waals surface area contributed by atoms with Crippen LogP contribution in [-0.4, -0.2) is 38.7 Å². The lowest BCUT2D eigenvalue weighted by molar-refractivity contribution is -0.123. The van der Waals surface area contributed by atoms with Crippen molar-refractivity contribution in [2.45, 2.75) is 32.9 Å². The molecule has 0 bridgehead atoms. The Morgan fingerprint density at radius 1 is 1.56 bits per heavy atom. The van der Waals surface area contributed by atoms with Gasteiger partial charge in [0.05, 0.1) is 6.20 Å². The second-order valence-corrected chi connectivity index (χ2v) is 4.03. The molecule has 1 rings (SSSR count). The number of amides is 1. The third-order valence-electron chi connectivity index (χ3n) is 2.37. The number of rotatable bonds is 6. The van der Waals surface area contributed by atoms with Crippen LogP contribution in [0.2, 0.25) is 0 Å². The van der Waals surface area contributed by atoms with Crippen LogP contribution in [0.1, 0.15) is 20.3 Å². The molecule has 0 aliphatic carbocycles. The van der Waals surface area contributed by atoms with Gasteiger partial charge in [-0.05, 0) is 12.3 Å². The molecule has 0 saturated carbocycles. The Balaban J connectivity index is 2.42. The lowest BCUT2D eigenvalue weighted by Crippen LogP contribution is -2.40. The Labute approximate surface area is 94.7 Å². The summed E-state index contributed by atoms with van der Waals surface area (Å²) >= 11 is 0. The predicted molar refractivity (Wildman–Crippen MR) is 58.5 cm³/mol. The van der Waals surface area contributed by atoms with E-state index in [1.807, 2.05) is 13.8 Å². The van der Waals surface area contributed by atoms with E-state index in [1.54, 1.807) is 6.20 Å². The van der Waals surface area contributed by atoms with Crippen LogP contribution in [0.3, 0.4) is 0 Å². The molecular weight excluding hydrogens is 208 g/mol. The van der Waals surface area contributed by atoms with Crippen molar-refractivity contribution in [2.75, 3.05) is 6.61 Å². The monoisotopic (exact) mass is 226 g/mol. The second kappa shape index (κ2) is 6.22. The minimum atomic E-state index is -0.113. The van der Waals surface area contributed by atoms with Crippen LogP contribution in [0, 0.1) is 5.92 Å². The molecule has 6 heteroatoms. The van der Waals surface area contributed by atoms with Gasteiger partial charge in [0.25, 0.3) is 0 Å². The first-order valence-electron chi connectivity index (χ1n) is 5.37. The highest BCUT2D eigenvalue weighted by Gasteiger charge is 2.15. The Bertz CT molecular complexity index is 311. The number of aliphatic hydroxyl groups is 1. The minimum absolute atomic E-state index is 0.000946. The first kappa shape index (κ1) is 12.6. The lowest BCUT2D eigenvalue weighted by atomic mass is 10.0. The Morgan fingerprint density at radius 2 is 2.31 bits per heavy atom. The maximum Gasteiger partial charge on any atom is 0.242 e. The summed E-state index contributed by atoms with van der Waals surface area (Å²) in [6.07, 6.45) is 3.73. The molecule has 1 heterocycles. The van der Waals surface area contributed by atoms with E-state index in [4.69, 9.17) is 5.11 Å². The molecule has 2 N–H and O–H groups in total. The molecule has 0 aliphatic rings. The third kappa shape index (κ3) is 3.98. The molecule has 16 heavy (non-hydrogen) atoms. The van der Waals surface area contributed by atoms with Crippen LogP contribution in [0.15, 0.2) is 12.4 Å². The fourth-order valence-electron chi connectivity index (χ4n) is 1.43. The van der Waals surface area contributed by atoms with Gasteiger partial charge in [0.2, 0.25) is 5.91 Å². The molecule has 90 valence electrons. The first-order valence-corrected chi connectivity index (χ1v) is 5.37. The van der Waals surface area contributed by atoms with Gasteiger partial charge < -0.3 is 10.4 Å². The molecule has 1 unspecified atom stereocenters. The summed E-state index contributed by atoms with van der Waals surface area (Å²) in [5, 5.41) is 19.1. The Morgan fingerprint density at radius 3 is 2.81 bits per heavy atom. The quantitative estimate of drug-likeness (QED) is 0.704. The summed E-state index contributed by atoms with van der Waals surface area (Å²) in [6.45, 7) is 4.26. The summed E-state index contributed by atoms with van der Waals surface area (Å²) in [5.74, 6) is 0.185. The average molecular weight is 226 g/mol. The van der Waals surface area contributed by atoms with E-state index < -0.39 is 0 Å². The van der Waals surface area contributed by atoms with Crippen molar-refractivity contribution < 1.29 is 9.90 Å². The topological polar surface area (TPSA) is 80.0 Å². The van der Waals surface area contributed by atoms with Crippen LogP contribution in [-0.2, 0) is 11.3 Å². The number of carbonyl (C=O) groups is 1. The highest BCUT2D eigenvalue weighted by atomic mass is 16.3. The van der Waals surface area contributed by atoms with Gasteiger partial charge in [-0.25, -0.2) is 4.68 Å². The standard InChI is InChI=1S/C10H18N4O2/c1-8(2)9(3-6-15)12-10(16)7-14-5-4-11-13-14/h4-5,8-9,15H,3,6-7H2,1-2H3,(H,12,16). The van der Waals surface area contributed by atoms with Crippen molar-refractivity contribution in [3.8, 4) is 0 Å². The maximum absolute atomic E-state index is 11.6. The molecule has 0 aromatic carbocycles. The van der Waals surface area contributed by atoms with E-state index in [0.717, 1.165) is 0 Å². The molecular formula is C10H18N4O2. The molecule has 1 aromatic heterocycles. The summed E-state index contributed by atoms with van der Waals surface area (Å²) in [6, 6.07) is 0.000946. The van der Waals surface area contributed by atoms with Gasteiger partial charge in [-0.1, -0.05) is 19.1 Å². The predicted octanol–water partition coefficient (Wildman–Crippen LogP) is -0.199. The average Bonchev–Trinajstić information content (AvgIpc) is 2.69. The SMILES string of the molecule is CC(C)C(CCO)NC(=O)Cn1ccnn1. The molecule has 0 fully saturated rings. The lowest BCUT2D eigenvalue weighted by Gasteiger charge is -2.21. The molecule has 0 radical (unpaired) electrons. The van der Waals surface area contributed by atoms with Crippen LogP contribution in [0.5, 0.6) is 0 Å². The Hall–Kier alpha value is -1.43. The van der Waals surface area contributed by atoms with E-state index in [9.17, 15) is 4.79 Å². The first-order chi connectivity index (χ1) is 7.63. The fourth-order valence-corrected chi connectivity index (χ4v) is 1.43. The molecule has 0 spiro atoms. The molecule has 6 nitrogen and oxygen atoms in total.